The van der Waals surface area contributed by atoms with Crippen LogP contribution >= 0.6 is 0 Å². The van der Waals surface area contributed by atoms with E-state index in [1.165, 1.54) is 6.33 Å². The van der Waals surface area contributed by atoms with Crippen LogP contribution in [0.4, 0.5) is 5.82 Å². The van der Waals surface area contributed by atoms with Crippen LogP contribution in [0, 0.1) is 0 Å². The minimum Gasteiger partial charge on any atom is -0.390 e. The summed E-state index contributed by atoms with van der Waals surface area (Å²) in [7, 11) is 1.63. The Morgan fingerprint density at radius 3 is 2.62 bits per heavy atom. The van der Waals surface area contributed by atoms with Crippen LogP contribution in [-0.4, -0.2) is 48.0 Å². The molecule has 1 fully saturated rings. The number of amides is 1. The van der Waals surface area contributed by atoms with Gasteiger partial charge in [-0.25, -0.2) is 9.50 Å². The fourth-order valence-corrected chi connectivity index (χ4v) is 5.37. The van der Waals surface area contributed by atoms with Gasteiger partial charge in [0.2, 0.25) is 5.91 Å². The largest absolute Gasteiger partial charge is 0.390 e. The molecule has 1 aliphatic rings. The number of fused-ring (bicyclic) bond motifs is 1. The Labute approximate surface area is 197 Å². The smallest absolute Gasteiger partial charge is 0.230 e. The number of hydrogen-bond donors (Lipinski definition) is 3. The van der Waals surface area contributed by atoms with Gasteiger partial charge in [0.05, 0.1) is 22.4 Å². The number of rotatable bonds is 5. The summed E-state index contributed by atoms with van der Waals surface area (Å²) in [6, 6.07) is 12.0. The van der Waals surface area contributed by atoms with Crippen molar-refractivity contribution in [2.24, 2.45) is 0 Å². The molecule has 1 aliphatic carbocycles. The Morgan fingerprint density at radius 2 is 1.94 bits per heavy atom. The maximum Gasteiger partial charge on any atom is 0.230 e. The summed E-state index contributed by atoms with van der Waals surface area (Å²) in [6.45, 7) is 5.91. The van der Waals surface area contributed by atoms with E-state index in [-0.39, 0.29) is 11.9 Å². The zero-order chi connectivity index (χ0) is 24.3. The normalized spacial score (nSPS) is 22.2. The Balaban J connectivity index is 1.69. The number of aromatic nitrogens is 5. The number of carbonyl (C=O) groups is 1. The summed E-state index contributed by atoms with van der Waals surface area (Å²) < 4.78 is 3.73. The van der Waals surface area contributed by atoms with Crippen molar-refractivity contribution in [1.29, 1.82) is 0 Å². The first-order valence-corrected chi connectivity index (χ1v) is 11.4. The zero-order valence-electron chi connectivity index (χ0n) is 19.8. The second-order valence-electron chi connectivity index (χ2n) is 9.70. The molecule has 4 N–H and O–H groups in total. The molecule has 0 unspecified atom stereocenters. The third kappa shape index (κ3) is 3.27. The van der Waals surface area contributed by atoms with Crippen molar-refractivity contribution in [1.82, 2.24) is 29.7 Å². The number of nitrogen functional groups attached to an aromatic ring is 1. The van der Waals surface area contributed by atoms with E-state index in [4.69, 9.17) is 5.73 Å². The van der Waals surface area contributed by atoms with Gasteiger partial charge in [0.15, 0.2) is 5.82 Å². The van der Waals surface area contributed by atoms with Gasteiger partial charge in [-0.05, 0) is 57.4 Å². The van der Waals surface area contributed by atoms with Crippen LogP contribution in [0.5, 0.6) is 0 Å². The highest BCUT2D eigenvalue weighted by molar-refractivity contribution is 5.92. The van der Waals surface area contributed by atoms with Crippen LogP contribution < -0.4 is 11.1 Å². The number of aliphatic hydroxyl groups is 1. The van der Waals surface area contributed by atoms with Gasteiger partial charge in [-0.15, -0.1) is 0 Å². The first-order valence-electron chi connectivity index (χ1n) is 11.4. The molecule has 0 radical (unpaired) electrons. The standard InChI is InChI=1S/C25H29N7O2/c1-15(2)31-19(8-9-29-31)18-11-20(32-21(18)22(26)28-14-30-32)16-6-5-7-17(10-16)25(23(33)27-4)12-24(3,34)13-25/h5-11,14-15,34H,12-13H2,1-4H3,(H,27,33)(H2,26,28,30)/t24-,25-. The molecule has 4 aromatic rings. The van der Waals surface area contributed by atoms with Gasteiger partial charge < -0.3 is 16.2 Å². The van der Waals surface area contributed by atoms with Crippen molar-refractivity contribution in [2.45, 2.75) is 50.7 Å². The summed E-state index contributed by atoms with van der Waals surface area (Å²) >= 11 is 0. The number of likely N-dealkylation sites (N-methyl/N-ethyl adjacent to an activating group) is 1. The van der Waals surface area contributed by atoms with Gasteiger partial charge >= 0.3 is 0 Å². The molecule has 176 valence electrons. The summed E-state index contributed by atoms with van der Waals surface area (Å²) in [5, 5.41) is 22.2. The fourth-order valence-electron chi connectivity index (χ4n) is 5.37. The van der Waals surface area contributed by atoms with Gasteiger partial charge in [-0.1, -0.05) is 18.2 Å². The maximum atomic E-state index is 12.9. The number of anilines is 1. The van der Waals surface area contributed by atoms with Gasteiger partial charge in [-0.2, -0.15) is 10.2 Å². The predicted octanol–water partition coefficient (Wildman–Crippen LogP) is 2.95. The van der Waals surface area contributed by atoms with Crippen molar-refractivity contribution in [2.75, 3.05) is 12.8 Å². The van der Waals surface area contributed by atoms with Gasteiger partial charge in [-0.3, -0.25) is 9.48 Å². The van der Waals surface area contributed by atoms with Crippen molar-refractivity contribution >= 4 is 17.2 Å². The second-order valence-corrected chi connectivity index (χ2v) is 9.70. The fraction of sp³-hybridized carbons (Fsp3) is 0.360. The summed E-state index contributed by atoms with van der Waals surface area (Å²) in [4.78, 5) is 17.1. The second kappa shape index (κ2) is 7.66. The first kappa shape index (κ1) is 22.1. The van der Waals surface area contributed by atoms with E-state index in [1.54, 1.807) is 24.7 Å². The van der Waals surface area contributed by atoms with E-state index in [0.29, 0.717) is 24.2 Å². The first-order chi connectivity index (χ1) is 16.2. The molecule has 1 saturated carbocycles. The Bertz CT molecular complexity index is 1390. The quantitative estimate of drug-likeness (QED) is 0.422. The zero-order valence-corrected chi connectivity index (χ0v) is 19.8. The number of nitrogens with one attached hydrogen (secondary N) is 1. The molecular formula is C25H29N7O2. The van der Waals surface area contributed by atoms with Gasteiger partial charge in [0.1, 0.15) is 11.8 Å². The molecule has 9 heteroatoms. The molecule has 5 rings (SSSR count). The van der Waals surface area contributed by atoms with Crippen LogP contribution in [0.15, 0.2) is 48.9 Å². The molecule has 0 bridgehead atoms. The average molecular weight is 460 g/mol. The van der Waals surface area contributed by atoms with Crippen LogP contribution in [0.3, 0.4) is 0 Å². The number of carbonyl (C=O) groups excluding carboxylic acids is 1. The minimum absolute atomic E-state index is 0.0933. The van der Waals surface area contributed by atoms with Crippen molar-refractivity contribution < 1.29 is 9.90 Å². The number of hydrogen-bond acceptors (Lipinski definition) is 6. The number of nitrogens with two attached hydrogens (primary N) is 1. The Hall–Kier alpha value is -3.72. The molecule has 3 aromatic heterocycles. The topological polar surface area (TPSA) is 123 Å². The average Bonchev–Trinajstić information content (AvgIpc) is 3.42. The van der Waals surface area contributed by atoms with E-state index >= 15 is 0 Å². The summed E-state index contributed by atoms with van der Waals surface area (Å²) in [5.74, 6) is 0.282. The van der Waals surface area contributed by atoms with Crippen molar-refractivity contribution in [3.05, 3.63) is 54.5 Å². The van der Waals surface area contributed by atoms with E-state index in [9.17, 15) is 9.90 Å². The van der Waals surface area contributed by atoms with E-state index < -0.39 is 11.0 Å². The highest BCUT2D eigenvalue weighted by Crippen LogP contribution is 2.51. The van der Waals surface area contributed by atoms with Crippen LogP contribution in [0.2, 0.25) is 0 Å². The third-order valence-corrected chi connectivity index (χ3v) is 6.76. The van der Waals surface area contributed by atoms with Gasteiger partial charge in [0.25, 0.3) is 0 Å². The Kier molecular flexibility index (Phi) is 4.98. The van der Waals surface area contributed by atoms with Crippen molar-refractivity contribution in [3.8, 4) is 22.5 Å². The van der Waals surface area contributed by atoms with E-state index in [0.717, 1.165) is 28.1 Å². The van der Waals surface area contributed by atoms with Crippen LogP contribution in [-0.2, 0) is 10.2 Å². The van der Waals surface area contributed by atoms with Gasteiger partial charge in [0, 0.05) is 30.4 Å². The molecule has 0 aliphatic heterocycles. The lowest BCUT2D eigenvalue weighted by Crippen LogP contribution is -2.60. The molecule has 1 amide bonds. The highest BCUT2D eigenvalue weighted by atomic mass is 16.3. The number of benzene rings is 1. The molecule has 0 saturated heterocycles. The molecule has 9 nitrogen and oxygen atoms in total. The molecule has 0 atom stereocenters. The minimum atomic E-state index is -0.867. The molecule has 1 aromatic carbocycles. The van der Waals surface area contributed by atoms with E-state index in [1.807, 2.05) is 41.1 Å². The van der Waals surface area contributed by atoms with Crippen LogP contribution in [0.25, 0.3) is 28.0 Å². The SMILES string of the molecule is CNC(=O)[C@]1(c2cccc(-c3cc(-c4ccnn4C(C)C)c4c(N)ncnn34)c2)C[C@@](C)(O)C1. The van der Waals surface area contributed by atoms with E-state index in [2.05, 4.69) is 34.3 Å². The maximum absolute atomic E-state index is 12.9. The lowest BCUT2D eigenvalue weighted by molar-refractivity contribution is -0.144. The summed E-state index contributed by atoms with van der Waals surface area (Å²) in [5.41, 5.74) is 9.78. The number of nitrogens with zero attached hydrogens (tertiary/aromatic N) is 5. The lowest BCUT2D eigenvalue weighted by Gasteiger charge is -2.50. The third-order valence-electron chi connectivity index (χ3n) is 6.76. The molecule has 0 spiro atoms. The Morgan fingerprint density at radius 1 is 1.18 bits per heavy atom. The lowest BCUT2D eigenvalue weighted by atomic mass is 9.56. The monoisotopic (exact) mass is 459 g/mol. The highest BCUT2D eigenvalue weighted by Gasteiger charge is 2.56. The van der Waals surface area contributed by atoms with Crippen molar-refractivity contribution in [3.63, 3.8) is 0 Å². The summed E-state index contributed by atoms with van der Waals surface area (Å²) in [6.07, 6.45) is 3.95. The van der Waals surface area contributed by atoms with Crippen LogP contribution in [0.1, 0.15) is 45.2 Å². The predicted molar refractivity (Wildman–Crippen MR) is 130 cm³/mol. The molecule has 34 heavy (non-hydrogen) atoms. The molecule has 3 heterocycles. The molecular weight excluding hydrogens is 430 g/mol.